The van der Waals surface area contributed by atoms with Crippen LogP contribution in [-0.4, -0.2) is 60.9 Å². The molecule has 2 aromatic rings. The number of aliphatic hydroxyl groups excluding tert-OH is 2. The molecule has 1 aliphatic rings. The van der Waals surface area contributed by atoms with Crippen LogP contribution in [0.1, 0.15) is 6.23 Å². The van der Waals surface area contributed by atoms with E-state index in [1.165, 1.54) is 10.9 Å². The summed E-state index contributed by atoms with van der Waals surface area (Å²) in [6, 6.07) is 0. The highest BCUT2D eigenvalue weighted by Crippen LogP contribution is 2.42. The molecule has 4 atom stereocenters. The second-order valence-electron chi connectivity index (χ2n) is 5.13. The van der Waals surface area contributed by atoms with Gasteiger partial charge in [-0.3, -0.25) is 4.57 Å². The summed E-state index contributed by atoms with van der Waals surface area (Å²) in [5.74, 6) is 3.97. The highest BCUT2D eigenvalue weighted by molar-refractivity contribution is 7.71. The van der Waals surface area contributed by atoms with Crippen LogP contribution in [0.15, 0.2) is 6.33 Å². The molecule has 0 amide bonds. The quantitative estimate of drug-likeness (QED) is 0.441. The number of aromatic nitrogens is 4. The number of hydrogen-bond donors (Lipinski definition) is 4. The zero-order chi connectivity index (χ0) is 17.5. The number of fused-ring (bicyclic) bond motifs is 1. The molecule has 1 fully saturated rings. The van der Waals surface area contributed by atoms with Gasteiger partial charge in [-0.25, -0.2) is 18.7 Å². The topological polar surface area (TPSA) is 122 Å². The molecular formula is C13H13F2N5O3S. The van der Waals surface area contributed by atoms with Crippen LogP contribution in [0.25, 0.3) is 11.2 Å². The summed E-state index contributed by atoms with van der Waals surface area (Å²) in [6.07, 6.45) is -3.32. The van der Waals surface area contributed by atoms with Crippen LogP contribution in [0.2, 0.25) is 0 Å². The van der Waals surface area contributed by atoms with E-state index in [-0.39, 0.29) is 21.8 Å². The third kappa shape index (κ3) is 2.44. The monoisotopic (exact) mass is 357 g/mol. The Kier molecular flexibility index (Phi) is 4.22. The van der Waals surface area contributed by atoms with Gasteiger partial charge in [0.05, 0.1) is 12.9 Å². The van der Waals surface area contributed by atoms with Gasteiger partial charge in [0.25, 0.3) is 0 Å². The van der Waals surface area contributed by atoms with E-state index in [0.717, 1.165) is 0 Å². The van der Waals surface area contributed by atoms with Crippen molar-refractivity contribution >= 4 is 29.3 Å². The zero-order valence-corrected chi connectivity index (χ0v) is 12.9. The smallest absolute Gasteiger partial charge is 0.243 e. The molecule has 0 aliphatic carbocycles. The Morgan fingerprint density at radius 3 is 3.00 bits per heavy atom. The number of ether oxygens (including phenoxy) is 1. The van der Waals surface area contributed by atoms with Crippen molar-refractivity contribution in [1.82, 2.24) is 19.5 Å². The van der Waals surface area contributed by atoms with E-state index in [9.17, 15) is 14.6 Å². The number of nitrogens with zero attached hydrogens (tertiary/aromatic N) is 3. The molecule has 3 heterocycles. The summed E-state index contributed by atoms with van der Waals surface area (Å²) in [4.78, 5) is 10.5. The number of hydrogen-bond acceptors (Lipinski definition) is 7. The first kappa shape index (κ1) is 16.7. The number of nitrogen functional groups attached to an aromatic ring is 1. The number of imidazole rings is 1. The van der Waals surface area contributed by atoms with Gasteiger partial charge in [-0.2, -0.15) is 0 Å². The molecule has 0 aromatic carbocycles. The van der Waals surface area contributed by atoms with E-state index in [2.05, 4.69) is 15.0 Å². The number of rotatable bonds is 2. The summed E-state index contributed by atoms with van der Waals surface area (Å²) in [6.45, 7) is -1.74. The van der Waals surface area contributed by atoms with Gasteiger partial charge in [0, 0.05) is 0 Å². The lowest BCUT2D eigenvalue weighted by molar-refractivity contribution is -0.0504. The predicted octanol–water partition coefficient (Wildman–Crippen LogP) is 0.00289. The Labute approximate surface area is 139 Å². The van der Waals surface area contributed by atoms with Crippen molar-refractivity contribution in [3.8, 4) is 11.8 Å². The summed E-state index contributed by atoms with van der Waals surface area (Å²) >= 11 is 5.04. The lowest BCUT2D eigenvalue weighted by atomic mass is 9.96. The second kappa shape index (κ2) is 6.06. The van der Waals surface area contributed by atoms with Crippen molar-refractivity contribution < 1.29 is 23.7 Å². The standard InChI is InChI=1S/C13H13F2N5O3S/c14-3-1-2-13(15)8(22)6(4-21)23-11(13)20-5-17-7-9(20)18-12(16)19-10(7)24/h5-6,8,11,21-22H,3-4H2,(H3,16,18,19,24)/t6-,8?,11-,13-/m1/s1. The predicted molar refractivity (Wildman–Crippen MR) is 81.7 cm³/mol. The third-order valence-corrected chi connectivity index (χ3v) is 3.97. The normalized spacial score (nSPS) is 29.6. The fraction of sp³-hybridized carbons (Fsp3) is 0.462. The Morgan fingerprint density at radius 2 is 2.33 bits per heavy atom. The average molecular weight is 357 g/mol. The Morgan fingerprint density at radius 1 is 1.58 bits per heavy atom. The minimum Gasteiger partial charge on any atom is -0.394 e. The lowest BCUT2D eigenvalue weighted by Crippen LogP contribution is -2.42. The van der Waals surface area contributed by atoms with Gasteiger partial charge >= 0.3 is 0 Å². The number of aromatic amines is 1. The highest BCUT2D eigenvalue weighted by atomic mass is 32.1. The fourth-order valence-electron chi connectivity index (χ4n) is 2.60. The summed E-state index contributed by atoms with van der Waals surface area (Å²) in [7, 11) is 0. The minimum atomic E-state index is -2.67. The fourth-order valence-corrected chi connectivity index (χ4v) is 2.85. The number of nitrogens with two attached hydrogens (primary N) is 1. The van der Waals surface area contributed by atoms with Crippen molar-refractivity contribution in [2.45, 2.75) is 24.1 Å². The van der Waals surface area contributed by atoms with Crippen LogP contribution >= 0.6 is 12.2 Å². The number of aliphatic hydroxyl groups is 2. The molecule has 5 N–H and O–H groups in total. The summed E-state index contributed by atoms with van der Waals surface area (Å²) in [5.41, 5.74) is 3.38. The molecule has 0 bridgehead atoms. The van der Waals surface area contributed by atoms with Crippen LogP contribution in [0.3, 0.4) is 0 Å². The van der Waals surface area contributed by atoms with Crippen LogP contribution in [0.5, 0.6) is 0 Å². The molecular weight excluding hydrogens is 344 g/mol. The number of H-pyrrole nitrogens is 1. The molecule has 0 spiro atoms. The first-order valence-electron chi connectivity index (χ1n) is 6.84. The van der Waals surface area contributed by atoms with Crippen LogP contribution in [0, 0.1) is 16.5 Å². The van der Waals surface area contributed by atoms with Gasteiger partial charge in [0.1, 0.15) is 30.0 Å². The van der Waals surface area contributed by atoms with E-state index >= 15 is 4.39 Å². The molecule has 8 nitrogen and oxygen atoms in total. The molecule has 1 saturated heterocycles. The maximum atomic E-state index is 15.3. The van der Waals surface area contributed by atoms with Crippen molar-refractivity contribution in [1.29, 1.82) is 0 Å². The molecule has 24 heavy (non-hydrogen) atoms. The van der Waals surface area contributed by atoms with Crippen molar-refractivity contribution in [2.75, 3.05) is 19.0 Å². The molecule has 1 unspecified atom stereocenters. The number of anilines is 1. The lowest BCUT2D eigenvalue weighted by Gasteiger charge is -2.24. The van der Waals surface area contributed by atoms with Crippen molar-refractivity contribution in [2.24, 2.45) is 0 Å². The number of alkyl halides is 2. The first-order chi connectivity index (χ1) is 11.4. The van der Waals surface area contributed by atoms with E-state index in [0.29, 0.717) is 0 Å². The SMILES string of the molecule is Nc1nc(=S)c2ncn([C@@H]3O[C@H](CO)C(O)[C@]3(F)C#CCF)c2[nH]1. The summed E-state index contributed by atoms with van der Waals surface area (Å²) < 4.78 is 34.4. The highest BCUT2D eigenvalue weighted by Gasteiger charge is 2.57. The van der Waals surface area contributed by atoms with E-state index in [1.54, 1.807) is 0 Å². The van der Waals surface area contributed by atoms with Gasteiger partial charge in [-0.05, 0) is 0 Å². The van der Waals surface area contributed by atoms with E-state index in [1.807, 2.05) is 11.8 Å². The molecule has 3 rings (SSSR count). The molecule has 2 aromatic heterocycles. The van der Waals surface area contributed by atoms with Gasteiger partial charge in [-0.15, -0.1) is 0 Å². The zero-order valence-electron chi connectivity index (χ0n) is 12.1. The number of nitrogens with one attached hydrogen (secondary N) is 1. The summed E-state index contributed by atoms with van der Waals surface area (Å²) in [5, 5.41) is 19.4. The van der Waals surface area contributed by atoms with Crippen LogP contribution in [0.4, 0.5) is 14.7 Å². The average Bonchev–Trinajstić information content (AvgIpc) is 3.06. The molecule has 0 radical (unpaired) electrons. The maximum absolute atomic E-state index is 15.3. The van der Waals surface area contributed by atoms with E-state index < -0.39 is 37.4 Å². The van der Waals surface area contributed by atoms with Gasteiger partial charge in [0.15, 0.2) is 16.8 Å². The Balaban J connectivity index is 2.18. The second-order valence-corrected chi connectivity index (χ2v) is 5.52. The van der Waals surface area contributed by atoms with Crippen LogP contribution in [-0.2, 0) is 4.74 Å². The van der Waals surface area contributed by atoms with Crippen molar-refractivity contribution in [3.63, 3.8) is 0 Å². The van der Waals surface area contributed by atoms with Gasteiger partial charge in [0.2, 0.25) is 5.67 Å². The Bertz CT molecular complexity index is 891. The molecule has 11 heteroatoms. The molecule has 0 saturated carbocycles. The van der Waals surface area contributed by atoms with Gasteiger partial charge in [-0.1, -0.05) is 24.1 Å². The van der Waals surface area contributed by atoms with Gasteiger partial charge < -0.3 is 25.7 Å². The molecule has 1 aliphatic heterocycles. The Hall–Kier alpha value is -2.13. The maximum Gasteiger partial charge on any atom is 0.243 e. The minimum absolute atomic E-state index is 0.0224. The largest absolute Gasteiger partial charge is 0.394 e. The van der Waals surface area contributed by atoms with Crippen LogP contribution < -0.4 is 5.73 Å². The number of halogens is 2. The molecule has 128 valence electrons. The third-order valence-electron chi connectivity index (χ3n) is 3.69. The first-order valence-corrected chi connectivity index (χ1v) is 7.24. The van der Waals surface area contributed by atoms with Crippen molar-refractivity contribution in [3.05, 3.63) is 11.0 Å². The van der Waals surface area contributed by atoms with E-state index in [4.69, 9.17) is 22.7 Å².